The number of alkyl carbamates (subject to hydrolysis) is 2. The number of carbonyl (C=O) groups excluding carboxylic acids is 2. The zero-order valence-corrected chi connectivity index (χ0v) is 17.7. The molecular formula is C19H38N4O4. The predicted molar refractivity (Wildman–Crippen MR) is 106 cm³/mol. The van der Waals surface area contributed by atoms with Crippen LogP contribution in [0.4, 0.5) is 9.59 Å². The number of rotatable bonds is 5. The monoisotopic (exact) mass is 386 g/mol. The van der Waals surface area contributed by atoms with Gasteiger partial charge in [-0.2, -0.15) is 0 Å². The molecule has 0 atom stereocenters. The molecule has 0 bridgehead atoms. The number of nitrogens with one attached hydrogen (secondary N) is 4. The van der Waals surface area contributed by atoms with E-state index in [4.69, 9.17) is 9.47 Å². The first-order valence-electron chi connectivity index (χ1n) is 9.80. The SMILES string of the molecule is CC(C)(C)OC(=O)NCC1CNC1.CC(C)(C)OC(=O)NCCC1CNC1. The van der Waals surface area contributed by atoms with Crippen LogP contribution >= 0.6 is 0 Å². The standard InChI is InChI=1S/C10H20N2O2.C9H18N2O2/c1-10(2,3)14-9(13)12-5-4-8-6-11-7-8;1-9(2,3)13-8(12)11-6-7-4-10-5-7/h8,11H,4-7H2,1-3H3,(H,12,13);7,10H,4-6H2,1-3H3,(H,11,12). The second-order valence-corrected chi connectivity index (χ2v) is 9.15. The van der Waals surface area contributed by atoms with Crippen molar-refractivity contribution in [2.24, 2.45) is 11.8 Å². The van der Waals surface area contributed by atoms with Crippen molar-refractivity contribution in [2.75, 3.05) is 39.3 Å². The fourth-order valence-electron chi connectivity index (χ4n) is 2.28. The van der Waals surface area contributed by atoms with Crippen molar-refractivity contribution in [3.8, 4) is 0 Å². The number of carbonyl (C=O) groups is 2. The van der Waals surface area contributed by atoms with E-state index in [9.17, 15) is 9.59 Å². The molecule has 158 valence electrons. The van der Waals surface area contributed by atoms with Crippen molar-refractivity contribution in [3.63, 3.8) is 0 Å². The summed E-state index contributed by atoms with van der Waals surface area (Å²) in [6.07, 6.45) is 0.399. The maximum atomic E-state index is 11.2. The molecule has 2 rings (SSSR count). The molecule has 4 N–H and O–H groups in total. The molecule has 27 heavy (non-hydrogen) atoms. The first kappa shape index (κ1) is 23.5. The first-order valence-corrected chi connectivity index (χ1v) is 9.80. The Kier molecular flexibility index (Phi) is 9.32. The molecule has 2 amide bonds. The Morgan fingerprint density at radius 3 is 1.63 bits per heavy atom. The average Bonchev–Trinajstić information content (AvgIpc) is 2.36. The van der Waals surface area contributed by atoms with Gasteiger partial charge in [0.15, 0.2) is 0 Å². The molecule has 2 saturated heterocycles. The molecule has 2 fully saturated rings. The summed E-state index contributed by atoms with van der Waals surface area (Å²) >= 11 is 0. The predicted octanol–water partition coefficient (Wildman–Crippen LogP) is 1.85. The van der Waals surface area contributed by atoms with Gasteiger partial charge in [0.1, 0.15) is 11.2 Å². The van der Waals surface area contributed by atoms with Gasteiger partial charge in [-0.25, -0.2) is 9.59 Å². The third-order valence-corrected chi connectivity index (χ3v) is 3.89. The maximum absolute atomic E-state index is 11.2. The third-order valence-electron chi connectivity index (χ3n) is 3.89. The molecule has 0 unspecified atom stereocenters. The van der Waals surface area contributed by atoms with Crippen LogP contribution in [0.5, 0.6) is 0 Å². The Bertz CT molecular complexity index is 463. The van der Waals surface area contributed by atoms with E-state index >= 15 is 0 Å². The zero-order chi connectivity index (χ0) is 20.5. The molecule has 0 aromatic rings. The van der Waals surface area contributed by atoms with Crippen LogP contribution in [0.15, 0.2) is 0 Å². The molecule has 0 saturated carbocycles. The quantitative estimate of drug-likeness (QED) is 0.575. The van der Waals surface area contributed by atoms with Gasteiger partial charge < -0.3 is 30.7 Å². The lowest BCUT2D eigenvalue weighted by atomic mass is 10.00. The van der Waals surface area contributed by atoms with Gasteiger partial charge in [0.2, 0.25) is 0 Å². The first-order chi connectivity index (χ1) is 12.4. The molecule has 0 spiro atoms. The van der Waals surface area contributed by atoms with Crippen LogP contribution in [0.3, 0.4) is 0 Å². The van der Waals surface area contributed by atoms with Gasteiger partial charge in [-0.3, -0.25) is 0 Å². The molecule has 0 aromatic carbocycles. The fraction of sp³-hybridized carbons (Fsp3) is 0.895. The highest BCUT2D eigenvalue weighted by Gasteiger charge is 2.20. The van der Waals surface area contributed by atoms with Crippen molar-refractivity contribution < 1.29 is 19.1 Å². The summed E-state index contributed by atoms with van der Waals surface area (Å²) in [4.78, 5) is 22.3. The number of hydrogen-bond acceptors (Lipinski definition) is 6. The largest absolute Gasteiger partial charge is 0.444 e. The van der Waals surface area contributed by atoms with Crippen molar-refractivity contribution in [1.82, 2.24) is 21.3 Å². The van der Waals surface area contributed by atoms with Crippen LogP contribution in [0.25, 0.3) is 0 Å². The molecule has 2 aliphatic heterocycles. The molecule has 0 aromatic heterocycles. The normalized spacial score (nSPS) is 17.6. The zero-order valence-electron chi connectivity index (χ0n) is 17.7. The van der Waals surface area contributed by atoms with E-state index in [0.29, 0.717) is 19.0 Å². The van der Waals surface area contributed by atoms with Crippen LogP contribution in [-0.4, -0.2) is 62.7 Å². The molecule has 0 radical (unpaired) electrons. The van der Waals surface area contributed by atoms with E-state index in [0.717, 1.165) is 38.5 Å². The van der Waals surface area contributed by atoms with Gasteiger partial charge >= 0.3 is 12.2 Å². The Hall–Kier alpha value is -1.54. The van der Waals surface area contributed by atoms with Crippen molar-refractivity contribution in [2.45, 2.75) is 59.2 Å². The summed E-state index contributed by atoms with van der Waals surface area (Å²) in [5.74, 6) is 1.30. The lowest BCUT2D eigenvalue weighted by Crippen LogP contribution is -2.48. The van der Waals surface area contributed by atoms with E-state index in [2.05, 4.69) is 21.3 Å². The average molecular weight is 387 g/mol. The van der Waals surface area contributed by atoms with Crippen LogP contribution < -0.4 is 21.3 Å². The van der Waals surface area contributed by atoms with Crippen LogP contribution in [-0.2, 0) is 9.47 Å². The van der Waals surface area contributed by atoms with Gasteiger partial charge in [0.25, 0.3) is 0 Å². The molecule has 0 aliphatic carbocycles. The minimum Gasteiger partial charge on any atom is -0.444 e. The Morgan fingerprint density at radius 2 is 1.26 bits per heavy atom. The summed E-state index contributed by atoms with van der Waals surface area (Å²) in [7, 11) is 0. The molecule has 2 heterocycles. The van der Waals surface area contributed by atoms with Crippen molar-refractivity contribution >= 4 is 12.2 Å². The van der Waals surface area contributed by atoms with E-state index < -0.39 is 11.2 Å². The van der Waals surface area contributed by atoms with Gasteiger partial charge in [0, 0.05) is 32.1 Å². The minimum absolute atomic E-state index is 0.315. The number of ether oxygens (including phenoxy) is 2. The third kappa shape index (κ3) is 12.5. The van der Waals surface area contributed by atoms with Crippen LogP contribution in [0, 0.1) is 11.8 Å². The van der Waals surface area contributed by atoms with E-state index in [1.807, 2.05) is 41.5 Å². The van der Waals surface area contributed by atoms with Gasteiger partial charge in [-0.15, -0.1) is 0 Å². The highest BCUT2D eigenvalue weighted by Crippen LogP contribution is 2.09. The maximum Gasteiger partial charge on any atom is 0.407 e. The van der Waals surface area contributed by atoms with Gasteiger partial charge in [-0.05, 0) is 67.0 Å². The highest BCUT2D eigenvalue weighted by atomic mass is 16.6. The summed E-state index contributed by atoms with van der Waals surface area (Å²) in [6, 6.07) is 0. The smallest absolute Gasteiger partial charge is 0.407 e. The van der Waals surface area contributed by atoms with Crippen molar-refractivity contribution in [1.29, 1.82) is 0 Å². The summed E-state index contributed by atoms with van der Waals surface area (Å²) in [5, 5.41) is 11.8. The van der Waals surface area contributed by atoms with Crippen LogP contribution in [0.2, 0.25) is 0 Å². The lowest BCUT2D eigenvalue weighted by Gasteiger charge is -2.27. The summed E-state index contributed by atoms with van der Waals surface area (Å²) in [6.45, 7) is 16.7. The molecule has 2 aliphatic rings. The van der Waals surface area contributed by atoms with Gasteiger partial charge in [0.05, 0.1) is 0 Å². The number of amides is 2. The second-order valence-electron chi connectivity index (χ2n) is 9.15. The fourth-order valence-corrected chi connectivity index (χ4v) is 2.28. The Labute approximate surface area is 163 Å². The minimum atomic E-state index is -0.401. The molecular weight excluding hydrogens is 348 g/mol. The topological polar surface area (TPSA) is 101 Å². The molecule has 8 heteroatoms. The lowest BCUT2D eigenvalue weighted by molar-refractivity contribution is 0.0506. The summed E-state index contributed by atoms with van der Waals surface area (Å²) in [5.41, 5.74) is -0.802. The number of hydrogen-bond donors (Lipinski definition) is 4. The Morgan fingerprint density at radius 1 is 0.815 bits per heavy atom. The van der Waals surface area contributed by atoms with E-state index in [1.54, 1.807) is 0 Å². The van der Waals surface area contributed by atoms with Gasteiger partial charge in [-0.1, -0.05) is 0 Å². The van der Waals surface area contributed by atoms with E-state index in [1.165, 1.54) is 0 Å². The second kappa shape index (κ2) is 10.7. The Balaban J connectivity index is 0.000000271. The van der Waals surface area contributed by atoms with E-state index in [-0.39, 0.29) is 12.2 Å². The highest BCUT2D eigenvalue weighted by molar-refractivity contribution is 5.67. The van der Waals surface area contributed by atoms with Crippen molar-refractivity contribution in [3.05, 3.63) is 0 Å². The summed E-state index contributed by atoms with van der Waals surface area (Å²) < 4.78 is 10.2. The molecule has 8 nitrogen and oxygen atoms in total. The van der Waals surface area contributed by atoms with Crippen LogP contribution in [0.1, 0.15) is 48.0 Å².